The second-order valence-electron chi connectivity index (χ2n) is 5.88. The van der Waals surface area contributed by atoms with Gasteiger partial charge in [0.25, 0.3) is 0 Å². The molecule has 1 aromatic heterocycles. The second kappa shape index (κ2) is 5.93. The SMILES string of the molecule is CCN1CCC(Cn2c(C(C)Cl)nc3cc(F)ccc32)C1. The summed E-state index contributed by atoms with van der Waals surface area (Å²) in [4.78, 5) is 7.00. The molecule has 0 spiro atoms. The van der Waals surface area contributed by atoms with Crippen LogP contribution in [0.1, 0.15) is 31.5 Å². The van der Waals surface area contributed by atoms with Gasteiger partial charge in [0, 0.05) is 19.2 Å². The third-order valence-corrected chi connectivity index (χ3v) is 4.55. The van der Waals surface area contributed by atoms with Crippen LogP contribution in [0.25, 0.3) is 11.0 Å². The predicted molar refractivity (Wildman–Crippen MR) is 84.2 cm³/mol. The van der Waals surface area contributed by atoms with Crippen LogP contribution in [0, 0.1) is 11.7 Å². The van der Waals surface area contributed by atoms with Gasteiger partial charge in [0.15, 0.2) is 0 Å². The first-order chi connectivity index (χ1) is 10.1. The van der Waals surface area contributed by atoms with Crippen molar-refractivity contribution in [1.82, 2.24) is 14.5 Å². The Hall–Kier alpha value is -1.13. The molecule has 1 aromatic carbocycles. The molecule has 1 aliphatic rings. The van der Waals surface area contributed by atoms with Crippen molar-refractivity contribution in [3.63, 3.8) is 0 Å². The van der Waals surface area contributed by atoms with Gasteiger partial charge < -0.3 is 9.47 Å². The maximum atomic E-state index is 13.4. The molecule has 3 nitrogen and oxygen atoms in total. The standard InChI is InChI=1S/C16H21ClFN3/c1-3-20-7-6-12(9-20)10-21-15-5-4-13(18)8-14(15)19-16(21)11(2)17/h4-5,8,11-12H,3,6-7,9-10H2,1-2H3. The van der Waals surface area contributed by atoms with Crippen LogP contribution in [-0.2, 0) is 6.54 Å². The topological polar surface area (TPSA) is 21.1 Å². The van der Waals surface area contributed by atoms with Crippen molar-refractivity contribution in [2.75, 3.05) is 19.6 Å². The lowest BCUT2D eigenvalue weighted by molar-refractivity contribution is 0.332. The molecule has 1 fully saturated rings. The number of likely N-dealkylation sites (tertiary alicyclic amines) is 1. The number of halogens is 2. The van der Waals surface area contributed by atoms with E-state index < -0.39 is 0 Å². The first kappa shape index (κ1) is 14.8. The number of alkyl halides is 1. The van der Waals surface area contributed by atoms with Crippen LogP contribution in [0.4, 0.5) is 4.39 Å². The fourth-order valence-electron chi connectivity index (χ4n) is 3.22. The van der Waals surface area contributed by atoms with Gasteiger partial charge in [0.05, 0.1) is 16.4 Å². The van der Waals surface area contributed by atoms with Crippen LogP contribution in [0.15, 0.2) is 18.2 Å². The molecule has 3 rings (SSSR count). The van der Waals surface area contributed by atoms with E-state index >= 15 is 0 Å². The van der Waals surface area contributed by atoms with Crippen LogP contribution in [0.2, 0.25) is 0 Å². The summed E-state index contributed by atoms with van der Waals surface area (Å²) < 4.78 is 15.6. The highest BCUT2D eigenvalue weighted by Crippen LogP contribution is 2.28. The number of fused-ring (bicyclic) bond motifs is 1. The second-order valence-corrected chi connectivity index (χ2v) is 6.53. The molecule has 2 aromatic rings. The number of aromatic nitrogens is 2. The van der Waals surface area contributed by atoms with Gasteiger partial charge in [-0.25, -0.2) is 9.37 Å². The first-order valence-electron chi connectivity index (χ1n) is 7.60. The van der Waals surface area contributed by atoms with Crippen molar-refractivity contribution < 1.29 is 4.39 Å². The van der Waals surface area contributed by atoms with Gasteiger partial charge in [0.1, 0.15) is 11.6 Å². The first-order valence-corrected chi connectivity index (χ1v) is 8.04. The lowest BCUT2D eigenvalue weighted by Gasteiger charge is -2.16. The van der Waals surface area contributed by atoms with Crippen molar-refractivity contribution in [2.45, 2.75) is 32.2 Å². The Morgan fingerprint density at radius 3 is 2.95 bits per heavy atom. The molecule has 0 amide bonds. The minimum absolute atomic E-state index is 0.177. The number of nitrogens with zero attached hydrogens (tertiary/aromatic N) is 3. The number of rotatable bonds is 4. The molecule has 0 radical (unpaired) electrons. The quantitative estimate of drug-likeness (QED) is 0.801. The molecule has 5 heteroatoms. The van der Waals surface area contributed by atoms with Gasteiger partial charge >= 0.3 is 0 Å². The summed E-state index contributed by atoms with van der Waals surface area (Å²) in [5.74, 6) is 1.20. The largest absolute Gasteiger partial charge is 0.326 e. The van der Waals surface area contributed by atoms with Gasteiger partial charge in [-0.2, -0.15) is 0 Å². The van der Waals surface area contributed by atoms with Crippen molar-refractivity contribution >= 4 is 22.6 Å². The van der Waals surface area contributed by atoms with Gasteiger partial charge in [-0.05, 0) is 44.5 Å². The molecular weight excluding hydrogens is 289 g/mol. The monoisotopic (exact) mass is 309 g/mol. The third-order valence-electron chi connectivity index (χ3n) is 4.35. The van der Waals surface area contributed by atoms with Crippen LogP contribution in [0.3, 0.4) is 0 Å². The van der Waals surface area contributed by atoms with Crippen LogP contribution >= 0.6 is 11.6 Å². The summed E-state index contributed by atoms with van der Waals surface area (Å²) in [5.41, 5.74) is 1.68. The predicted octanol–water partition coefficient (Wildman–Crippen LogP) is 3.82. The number of imidazole rings is 1. The van der Waals surface area contributed by atoms with Gasteiger partial charge in [0.2, 0.25) is 0 Å². The summed E-state index contributed by atoms with van der Waals surface area (Å²) in [7, 11) is 0. The van der Waals surface area contributed by atoms with E-state index in [-0.39, 0.29) is 11.2 Å². The van der Waals surface area contributed by atoms with Crippen LogP contribution in [0.5, 0.6) is 0 Å². The summed E-state index contributed by atoms with van der Waals surface area (Å²) in [6, 6.07) is 4.80. The van der Waals surface area contributed by atoms with Gasteiger partial charge in [-0.3, -0.25) is 0 Å². The maximum absolute atomic E-state index is 13.4. The van der Waals surface area contributed by atoms with E-state index in [4.69, 9.17) is 11.6 Å². The average molecular weight is 310 g/mol. The summed E-state index contributed by atoms with van der Waals surface area (Å²) in [6.45, 7) is 8.41. The van der Waals surface area contributed by atoms with Crippen molar-refractivity contribution in [3.05, 3.63) is 29.8 Å². The minimum Gasteiger partial charge on any atom is -0.326 e. The highest BCUT2D eigenvalue weighted by molar-refractivity contribution is 6.20. The summed E-state index contributed by atoms with van der Waals surface area (Å²) in [5, 5.41) is -0.177. The molecule has 0 bridgehead atoms. The normalized spacial score (nSPS) is 21.2. The molecule has 0 saturated carbocycles. The fourth-order valence-corrected chi connectivity index (χ4v) is 3.39. The number of benzene rings is 1. The zero-order chi connectivity index (χ0) is 15.0. The highest BCUT2D eigenvalue weighted by atomic mass is 35.5. The molecule has 1 saturated heterocycles. The molecule has 2 unspecified atom stereocenters. The summed E-state index contributed by atoms with van der Waals surface area (Å²) in [6.07, 6.45) is 1.20. The smallest absolute Gasteiger partial charge is 0.127 e. The van der Waals surface area contributed by atoms with Gasteiger partial charge in [-0.1, -0.05) is 6.92 Å². The fraction of sp³-hybridized carbons (Fsp3) is 0.562. The highest BCUT2D eigenvalue weighted by Gasteiger charge is 2.24. The van der Waals surface area contributed by atoms with Crippen LogP contribution in [-0.4, -0.2) is 34.1 Å². The Morgan fingerprint density at radius 1 is 1.48 bits per heavy atom. The van der Waals surface area contributed by atoms with E-state index in [9.17, 15) is 4.39 Å². The van der Waals surface area contributed by atoms with E-state index in [0.717, 1.165) is 37.5 Å². The molecule has 2 heterocycles. The van der Waals surface area contributed by atoms with Crippen LogP contribution < -0.4 is 0 Å². The Balaban J connectivity index is 1.94. The van der Waals surface area contributed by atoms with Crippen molar-refractivity contribution in [3.8, 4) is 0 Å². The van der Waals surface area contributed by atoms with Crippen molar-refractivity contribution in [2.24, 2.45) is 5.92 Å². The third kappa shape index (κ3) is 2.92. The van der Waals surface area contributed by atoms with E-state index in [1.54, 1.807) is 0 Å². The van der Waals surface area contributed by atoms with Crippen molar-refractivity contribution in [1.29, 1.82) is 0 Å². The maximum Gasteiger partial charge on any atom is 0.127 e. The lowest BCUT2D eigenvalue weighted by atomic mass is 10.1. The molecule has 0 N–H and O–H groups in total. The molecule has 0 aliphatic carbocycles. The average Bonchev–Trinajstić information content (AvgIpc) is 3.04. The number of hydrogen-bond acceptors (Lipinski definition) is 2. The Kier molecular flexibility index (Phi) is 4.18. The van der Waals surface area contributed by atoms with E-state index in [0.29, 0.717) is 11.4 Å². The zero-order valence-corrected chi connectivity index (χ0v) is 13.3. The lowest BCUT2D eigenvalue weighted by Crippen LogP contribution is -2.21. The summed E-state index contributed by atoms with van der Waals surface area (Å²) >= 11 is 6.27. The molecule has 1 aliphatic heterocycles. The van der Waals surface area contributed by atoms with E-state index in [2.05, 4.69) is 21.4 Å². The Labute approximate surface area is 129 Å². The molecule has 21 heavy (non-hydrogen) atoms. The van der Waals surface area contributed by atoms with Gasteiger partial charge in [-0.15, -0.1) is 11.6 Å². The zero-order valence-electron chi connectivity index (χ0n) is 12.5. The van der Waals surface area contributed by atoms with E-state index in [1.165, 1.54) is 18.6 Å². The molecule has 2 atom stereocenters. The minimum atomic E-state index is -0.251. The molecular formula is C16H21ClFN3. The molecule has 114 valence electrons. The van der Waals surface area contributed by atoms with E-state index in [1.807, 2.05) is 13.0 Å². The number of hydrogen-bond donors (Lipinski definition) is 0. The Morgan fingerprint density at radius 2 is 2.29 bits per heavy atom. The Bertz CT molecular complexity index is 638.